The average Bonchev–Trinajstić information content (AvgIpc) is 3.44. The van der Waals surface area contributed by atoms with Gasteiger partial charge >= 0.3 is 0 Å². The zero-order chi connectivity index (χ0) is 26.7. The van der Waals surface area contributed by atoms with Crippen molar-refractivity contribution < 1.29 is 19.1 Å². The topological polar surface area (TPSA) is 78.4 Å². The minimum absolute atomic E-state index is 0.0493. The zero-order valence-corrected chi connectivity index (χ0v) is 22.8. The van der Waals surface area contributed by atoms with E-state index < -0.39 is 35.3 Å². The molecule has 0 radical (unpaired) electrons. The molecule has 5 nitrogen and oxygen atoms in total. The smallest absolute Gasteiger partial charge is 0.237 e. The van der Waals surface area contributed by atoms with Gasteiger partial charge in [-0.05, 0) is 66.3 Å². The molecule has 2 heterocycles. The van der Waals surface area contributed by atoms with Gasteiger partial charge in [0.05, 0.1) is 17.2 Å². The molecule has 2 aliphatic heterocycles. The lowest BCUT2D eigenvalue weighted by Crippen LogP contribution is -2.49. The van der Waals surface area contributed by atoms with Crippen LogP contribution in [0.2, 0.25) is 10.0 Å². The number of anilines is 1. The highest BCUT2D eigenvalue weighted by Crippen LogP contribution is 2.57. The molecular formula is C29H33Cl2FN2O3. The van der Waals surface area contributed by atoms with Crippen LogP contribution in [0.1, 0.15) is 69.9 Å². The quantitative estimate of drug-likeness (QED) is 0.429. The number of rotatable bonds is 5. The van der Waals surface area contributed by atoms with Crippen molar-refractivity contribution >= 4 is 40.6 Å². The lowest BCUT2D eigenvalue weighted by molar-refractivity contribution is -0.123. The summed E-state index contributed by atoms with van der Waals surface area (Å²) in [5.41, 5.74) is 0.107. The minimum atomic E-state index is -1.24. The molecule has 2 fully saturated rings. The Morgan fingerprint density at radius 2 is 1.95 bits per heavy atom. The van der Waals surface area contributed by atoms with Crippen LogP contribution in [0, 0.1) is 17.2 Å². The Bertz CT molecular complexity index is 1250. The van der Waals surface area contributed by atoms with Crippen LogP contribution in [-0.2, 0) is 15.0 Å². The van der Waals surface area contributed by atoms with Crippen LogP contribution < -0.4 is 10.6 Å². The number of nitrogens with one attached hydrogen (secondary N) is 2. The average molecular weight is 547 g/mol. The van der Waals surface area contributed by atoms with Gasteiger partial charge in [0.25, 0.3) is 0 Å². The number of hydrogen-bond acceptors (Lipinski definition) is 4. The SMILES string of the molecule is CC(C)(C)C[C@H]1N[C@@H](C(=O)CC2CC[C@@H](O)C2)[C@H](c2cccc(Cl)c2F)[C@@]12C(=O)Nc1cc(Cl)ccc12. The van der Waals surface area contributed by atoms with Crippen LogP contribution in [0.5, 0.6) is 0 Å². The van der Waals surface area contributed by atoms with Gasteiger partial charge in [0.2, 0.25) is 5.91 Å². The number of benzene rings is 2. The molecule has 1 spiro atoms. The maximum absolute atomic E-state index is 15.8. The van der Waals surface area contributed by atoms with Gasteiger partial charge in [-0.3, -0.25) is 9.59 Å². The fourth-order valence-corrected chi connectivity index (χ4v) is 7.20. The second-order valence-corrected chi connectivity index (χ2v) is 12.9. The van der Waals surface area contributed by atoms with Gasteiger partial charge < -0.3 is 15.7 Å². The van der Waals surface area contributed by atoms with Crippen LogP contribution in [0.15, 0.2) is 36.4 Å². The van der Waals surface area contributed by atoms with E-state index in [1.54, 1.807) is 24.3 Å². The number of Topliss-reactive ketones (excluding diaryl/α,β-unsaturated/α-hetero) is 1. The van der Waals surface area contributed by atoms with Gasteiger partial charge in [0, 0.05) is 29.1 Å². The molecule has 1 saturated carbocycles. The second-order valence-electron chi connectivity index (χ2n) is 12.1. The maximum Gasteiger partial charge on any atom is 0.237 e. The lowest BCUT2D eigenvalue weighted by Gasteiger charge is -2.37. The summed E-state index contributed by atoms with van der Waals surface area (Å²) < 4.78 is 15.8. The van der Waals surface area contributed by atoms with Gasteiger partial charge in [0.1, 0.15) is 11.2 Å². The van der Waals surface area contributed by atoms with Gasteiger partial charge in [-0.25, -0.2) is 4.39 Å². The molecule has 2 aromatic carbocycles. The molecule has 1 unspecified atom stereocenters. The first-order valence-electron chi connectivity index (χ1n) is 12.9. The lowest BCUT2D eigenvalue weighted by atomic mass is 9.62. The molecule has 3 N–H and O–H groups in total. The highest BCUT2D eigenvalue weighted by molar-refractivity contribution is 6.31. The number of fused-ring (bicyclic) bond motifs is 2. The standard InChI is InChI=1S/C29H33Cl2FN2O3/c1-28(2,3)14-23-29(19-10-8-16(30)13-21(19)33-27(29)37)24(18-5-4-6-20(31)25(18)32)26(34-23)22(36)12-15-7-9-17(35)11-15/h4-6,8,10,13,15,17,23-24,26,34-35H,7,9,11-12,14H2,1-3H3,(H,33,37)/t15?,17-,23-,24+,26+,29+/m1/s1. The predicted octanol–water partition coefficient (Wildman–Crippen LogP) is 6.00. The highest BCUT2D eigenvalue weighted by atomic mass is 35.5. The fraction of sp³-hybridized carbons (Fsp3) is 0.517. The molecule has 5 rings (SSSR count). The molecule has 0 aromatic heterocycles. The van der Waals surface area contributed by atoms with E-state index in [2.05, 4.69) is 31.4 Å². The number of amides is 1. The van der Waals surface area contributed by atoms with Crippen LogP contribution in [0.4, 0.5) is 10.1 Å². The zero-order valence-electron chi connectivity index (χ0n) is 21.3. The fourth-order valence-electron chi connectivity index (χ4n) is 6.85. The van der Waals surface area contributed by atoms with E-state index in [1.807, 2.05) is 6.07 Å². The normalized spacial score (nSPS) is 31.1. The monoisotopic (exact) mass is 546 g/mol. The Labute approximate surface area is 227 Å². The van der Waals surface area contributed by atoms with E-state index >= 15 is 4.39 Å². The summed E-state index contributed by atoms with van der Waals surface area (Å²) in [6.07, 6.45) is 2.47. The van der Waals surface area contributed by atoms with E-state index in [0.717, 1.165) is 6.42 Å². The first-order chi connectivity index (χ1) is 17.4. The Balaban J connectivity index is 1.70. The van der Waals surface area contributed by atoms with Crippen LogP contribution >= 0.6 is 23.2 Å². The molecule has 2 aromatic rings. The number of ketones is 1. The summed E-state index contributed by atoms with van der Waals surface area (Å²) in [4.78, 5) is 28.1. The molecule has 1 amide bonds. The Kier molecular flexibility index (Phi) is 6.93. The number of carbonyl (C=O) groups is 2. The second kappa shape index (κ2) is 9.64. The summed E-state index contributed by atoms with van der Waals surface area (Å²) in [7, 11) is 0. The van der Waals surface area contributed by atoms with Crippen LogP contribution in [0.3, 0.4) is 0 Å². The van der Waals surface area contributed by atoms with E-state index in [-0.39, 0.29) is 40.0 Å². The van der Waals surface area contributed by atoms with E-state index in [1.165, 1.54) is 6.07 Å². The van der Waals surface area contributed by atoms with Crippen molar-refractivity contribution in [3.8, 4) is 0 Å². The summed E-state index contributed by atoms with van der Waals surface area (Å²) in [5.74, 6) is -1.72. The molecule has 198 valence electrons. The van der Waals surface area contributed by atoms with Crippen molar-refractivity contribution in [1.29, 1.82) is 0 Å². The Morgan fingerprint density at radius 1 is 1.19 bits per heavy atom. The molecule has 8 heteroatoms. The third kappa shape index (κ3) is 4.60. The van der Waals surface area contributed by atoms with Crippen molar-refractivity contribution in [2.24, 2.45) is 11.3 Å². The number of hydrogen-bond donors (Lipinski definition) is 3. The third-order valence-electron chi connectivity index (χ3n) is 8.29. The largest absolute Gasteiger partial charge is 0.393 e. The van der Waals surface area contributed by atoms with Gasteiger partial charge in [-0.15, -0.1) is 0 Å². The van der Waals surface area contributed by atoms with Gasteiger partial charge in [-0.2, -0.15) is 0 Å². The Morgan fingerprint density at radius 3 is 2.62 bits per heavy atom. The van der Waals surface area contributed by atoms with Crippen molar-refractivity contribution in [2.45, 2.75) is 82.4 Å². The Hall–Kier alpha value is -1.99. The van der Waals surface area contributed by atoms with Gasteiger partial charge in [0.15, 0.2) is 5.78 Å². The summed E-state index contributed by atoms with van der Waals surface area (Å²) in [6, 6.07) is 8.79. The van der Waals surface area contributed by atoms with Crippen molar-refractivity contribution in [3.05, 3.63) is 63.4 Å². The van der Waals surface area contributed by atoms with E-state index in [9.17, 15) is 14.7 Å². The first kappa shape index (κ1) is 26.6. The molecular weight excluding hydrogens is 514 g/mol. The van der Waals surface area contributed by atoms with Crippen LogP contribution in [0.25, 0.3) is 0 Å². The summed E-state index contributed by atoms with van der Waals surface area (Å²) in [6.45, 7) is 6.26. The van der Waals surface area contributed by atoms with Crippen molar-refractivity contribution in [3.63, 3.8) is 0 Å². The first-order valence-corrected chi connectivity index (χ1v) is 13.7. The van der Waals surface area contributed by atoms with E-state index in [4.69, 9.17) is 23.2 Å². The number of halogens is 3. The number of aliphatic hydroxyl groups is 1. The van der Waals surface area contributed by atoms with Crippen molar-refractivity contribution in [1.82, 2.24) is 5.32 Å². The molecule has 3 aliphatic rings. The molecule has 37 heavy (non-hydrogen) atoms. The maximum atomic E-state index is 15.8. The highest BCUT2D eigenvalue weighted by Gasteiger charge is 2.66. The van der Waals surface area contributed by atoms with Gasteiger partial charge in [-0.1, -0.05) is 62.2 Å². The van der Waals surface area contributed by atoms with E-state index in [0.29, 0.717) is 35.5 Å². The minimum Gasteiger partial charge on any atom is -0.393 e. The summed E-state index contributed by atoms with van der Waals surface area (Å²) >= 11 is 12.5. The molecule has 1 aliphatic carbocycles. The third-order valence-corrected chi connectivity index (χ3v) is 8.82. The molecule has 1 saturated heterocycles. The molecule has 0 bridgehead atoms. The summed E-state index contributed by atoms with van der Waals surface area (Å²) in [5, 5.41) is 17.0. The van der Waals surface area contributed by atoms with Crippen molar-refractivity contribution in [2.75, 3.05) is 5.32 Å². The number of carbonyl (C=O) groups excluding carboxylic acids is 2. The number of aliphatic hydroxyl groups excluding tert-OH is 1. The van der Waals surface area contributed by atoms with Crippen LogP contribution in [-0.4, -0.2) is 35.0 Å². The predicted molar refractivity (Wildman–Crippen MR) is 144 cm³/mol. The molecule has 6 atom stereocenters.